The summed E-state index contributed by atoms with van der Waals surface area (Å²) >= 11 is 0. The molecule has 0 bridgehead atoms. The summed E-state index contributed by atoms with van der Waals surface area (Å²) in [7, 11) is 0. The molecule has 2 heteroatoms. The first kappa shape index (κ1) is 13.0. The van der Waals surface area contributed by atoms with E-state index in [2.05, 4.69) is 39.0 Å². The van der Waals surface area contributed by atoms with Crippen molar-refractivity contribution in [1.82, 2.24) is 0 Å². The molecule has 2 nitrogen and oxygen atoms in total. The van der Waals surface area contributed by atoms with Crippen LogP contribution in [0.1, 0.15) is 50.8 Å². The SMILES string of the molecule is CCC(CC)Oc1cc(C)ccc1C(C)N. The minimum atomic E-state index is 0.0185. The molecule has 0 radical (unpaired) electrons. The van der Waals surface area contributed by atoms with E-state index in [1.54, 1.807) is 0 Å². The van der Waals surface area contributed by atoms with Crippen LogP contribution in [0.25, 0.3) is 0 Å². The monoisotopic (exact) mass is 221 g/mol. The highest BCUT2D eigenvalue weighted by Crippen LogP contribution is 2.27. The molecular weight excluding hydrogens is 198 g/mol. The number of aryl methyl sites for hydroxylation is 1. The molecule has 1 unspecified atom stereocenters. The van der Waals surface area contributed by atoms with Gasteiger partial charge >= 0.3 is 0 Å². The van der Waals surface area contributed by atoms with Crippen molar-refractivity contribution in [2.75, 3.05) is 0 Å². The Balaban J connectivity index is 2.95. The van der Waals surface area contributed by atoms with Crippen LogP contribution in [-0.2, 0) is 0 Å². The number of rotatable bonds is 5. The highest BCUT2D eigenvalue weighted by Gasteiger charge is 2.12. The molecule has 0 heterocycles. The van der Waals surface area contributed by atoms with Crippen molar-refractivity contribution in [2.45, 2.75) is 52.7 Å². The molecule has 0 saturated heterocycles. The number of benzene rings is 1. The lowest BCUT2D eigenvalue weighted by Gasteiger charge is -2.20. The van der Waals surface area contributed by atoms with Crippen molar-refractivity contribution in [3.8, 4) is 5.75 Å². The average molecular weight is 221 g/mol. The first-order valence-corrected chi connectivity index (χ1v) is 6.11. The Kier molecular flexibility index (Phi) is 4.81. The molecular formula is C14H23NO. The highest BCUT2D eigenvalue weighted by molar-refractivity contribution is 5.39. The first-order chi connectivity index (χ1) is 7.58. The van der Waals surface area contributed by atoms with Gasteiger partial charge in [0.15, 0.2) is 0 Å². The maximum atomic E-state index is 6.01. The summed E-state index contributed by atoms with van der Waals surface area (Å²) in [5, 5.41) is 0. The second kappa shape index (κ2) is 5.90. The third-order valence-corrected chi connectivity index (χ3v) is 2.86. The predicted octanol–water partition coefficient (Wildman–Crippen LogP) is 3.58. The molecule has 1 aromatic carbocycles. The van der Waals surface area contributed by atoms with Crippen LogP contribution >= 0.6 is 0 Å². The lowest BCUT2D eigenvalue weighted by molar-refractivity contribution is 0.190. The molecule has 1 rings (SSSR count). The largest absolute Gasteiger partial charge is 0.490 e. The van der Waals surface area contributed by atoms with Gasteiger partial charge in [-0.1, -0.05) is 26.0 Å². The van der Waals surface area contributed by atoms with Gasteiger partial charge in [0.25, 0.3) is 0 Å². The van der Waals surface area contributed by atoms with E-state index in [0.717, 1.165) is 24.2 Å². The number of hydrogen-bond donors (Lipinski definition) is 1. The summed E-state index contributed by atoms with van der Waals surface area (Å²) in [5.74, 6) is 0.948. The Labute approximate surface area is 98.8 Å². The maximum absolute atomic E-state index is 6.01. The fourth-order valence-electron chi connectivity index (χ4n) is 1.75. The smallest absolute Gasteiger partial charge is 0.124 e. The first-order valence-electron chi connectivity index (χ1n) is 6.11. The predicted molar refractivity (Wildman–Crippen MR) is 68.8 cm³/mol. The average Bonchev–Trinajstić information content (AvgIpc) is 2.25. The standard InChI is InChI=1S/C14H23NO/c1-5-12(6-2)16-14-9-10(3)7-8-13(14)11(4)15/h7-9,11-12H,5-6,15H2,1-4H3. The van der Waals surface area contributed by atoms with E-state index >= 15 is 0 Å². The summed E-state index contributed by atoms with van der Waals surface area (Å²) in [6.07, 6.45) is 2.35. The molecule has 0 spiro atoms. The molecule has 0 aliphatic carbocycles. The molecule has 0 fully saturated rings. The van der Waals surface area contributed by atoms with Gasteiger partial charge in [-0.05, 0) is 38.3 Å². The van der Waals surface area contributed by atoms with Gasteiger partial charge in [-0.15, -0.1) is 0 Å². The fourth-order valence-corrected chi connectivity index (χ4v) is 1.75. The van der Waals surface area contributed by atoms with Gasteiger partial charge in [0, 0.05) is 11.6 Å². The zero-order valence-electron chi connectivity index (χ0n) is 10.8. The van der Waals surface area contributed by atoms with E-state index in [9.17, 15) is 0 Å². The third kappa shape index (κ3) is 3.24. The second-order valence-corrected chi connectivity index (χ2v) is 4.39. The number of ether oxygens (including phenoxy) is 1. The summed E-state index contributed by atoms with van der Waals surface area (Å²) in [4.78, 5) is 0. The summed E-state index contributed by atoms with van der Waals surface area (Å²) in [5.41, 5.74) is 8.25. The van der Waals surface area contributed by atoms with E-state index in [1.807, 2.05) is 6.92 Å². The summed E-state index contributed by atoms with van der Waals surface area (Å²) in [6, 6.07) is 6.25. The van der Waals surface area contributed by atoms with Crippen LogP contribution in [0, 0.1) is 6.92 Å². The van der Waals surface area contributed by atoms with Gasteiger partial charge in [0.05, 0.1) is 6.10 Å². The van der Waals surface area contributed by atoms with Gasteiger partial charge in [-0.25, -0.2) is 0 Å². The lowest BCUT2D eigenvalue weighted by Crippen LogP contribution is -2.16. The van der Waals surface area contributed by atoms with Crippen LogP contribution in [0.2, 0.25) is 0 Å². The highest BCUT2D eigenvalue weighted by atomic mass is 16.5. The number of nitrogens with two attached hydrogens (primary N) is 1. The normalized spacial score (nSPS) is 12.9. The lowest BCUT2D eigenvalue weighted by atomic mass is 10.1. The summed E-state index contributed by atoms with van der Waals surface area (Å²) < 4.78 is 6.01. The molecule has 0 aromatic heterocycles. The quantitative estimate of drug-likeness (QED) is 0.824. The van der Waals surface area contributed by atoms with Crippen molar-refractivity contribution in [2.24, 2.45) is 5.73 Å². The Morgan fingerprint density at radius 3 is 2.38 bits per heavy atom. The third-order valence-electron chi connectivity index (χ3n) is 2.86. The molecule has 1 atom stereocenters. The van der Waals surface area contributed by atoms with E-state index in [1.165, 1.54) is 5.56 Å². The zero-order valence-corrected chi connectivity index (χ0v) is 10.8. The maximum Gasteiger partial charge on any atom is 0.124 e. The van der Waals surface area contributed by atoms with Crippen molar-refractivity contribution >= 4 is 0 Å². The van der Waals surface area contributed by atoms with Gasteiger partial charge in [-0.2, -0.15) is 0 Å². The van der Waals surface area contributed by atoms with Gasteiger partial charge in [-0.3, -0.25) is 0 Å². The van der Waals surface area contributed by atoms with Gasteiger partial charge < -0.3 is 10.5 Å². The van der Waals surface area contributed by atoms with E-state index < -0.39 is 0 Å². The molecule has 90 valence electrons. The van der Waals surface area contributed by atoms with Crippen molar-refractivity contribution in [3.05, 3.63) is 29.3 Å². The molecule has 0 saturated carbocycles. The van der Waals surface area contributed by atoms with Crippen LogP contribution in [0.4, 0.5) is 0 Å². The molecule has 0 aliphatic heterocycles. The summed E-state index contributed by atoms with van der Waals surface area (Å²) in [6.45, 7) is 8.36. The topological polar surface area (TPSA) is 35.2 Å². The molecule has 0 amide bonds. The molecule has 16 heavy (non-hydrogen) atoms. The Hall–Kier alpha value is -1.02. The minimum Gasteiger partial charge on any atom is -0.490 e. The van der Waals surface area contributed by atoms with Crippen LogP contribution < -0.4 is 10.5 Å². The van der Waals surface area contributed by atoms with Gasteiger partial charge in [0.1, 0.15) is 5.75 Å². The van der Waals surface area contributed by atoms with E-state index in [-0.39, 0.29) is 6.04 Å². The molecule has 0 aliphatic rings. The Morgan fingerprint density at radius 1 is 1.25 bits per heavy atom. The molecule has 1 aromatic rings. The number of hydrogen-bond acceptors (Lipinski definition) is 2. The van der Waals surface area contributed by atoms with E-state index in [4.69, 9.17) is 10.5 Å². The van der Waals surface area contributed by atoms with Crippen LogP contribution in [0.3, 0.4) is 0 Å². The molecule has 2 N–H and O–H groups in total. The van der Waals surface area contributed by atoms with Gasteiger partial charge in [0.2, 0.25) is 0 Å². The fraction of sp³-hybridized carbons (Fsp3) is 0.571. The van der Waals surface area contributed by atoms with Crippen LogP contribution in [-0.4, -0.2) is 6.10 Å². The Morgan fingerprint density at radius 2 is 1.88 bits per heavy atom. The second-order valence-electron chi connectivity index (χ2n) is 4.39. The van der Waals surface area contributed by atoms with E-state index in [0.29, 0.717) is 6.10 Å². The van der Waals surface area contributed by atoms with Crippen molar-refractivity contribution in [1.29, 1.82) is 0 Å². The van der Waals surface area contributed by atoms with Crippen molar-refractivity contribution < 1.29 is 4.74 Å². The Bertz CT molecular complexity index is 330. The van der Waals surface area contributed by atoms with Crippen LogP contribution in [0.15, 0.2) is 18.2 Å². The van der Waals surface area contributed by atoms with Crippen LogP contribution in [0.5, 0.6) is 5.75 Å². The zero-order chi connectivity index (χ0) is 12.1. The minimum absolute atomic E-state index is 0.0185. The van der Waals surface area contributed by atoms with Crippen molar-refractivity contribution in [3.63, 3.8) is 0 Å².